The van der Waals surface area contributed by atoms with Crippen molar-refractivity contribution in [1.82, 2.24) is 23.7 Å². The summed E-state index contributed by atoms with van der Waals surface area (Å²) in [5, 5.41) is 4.38. The molecule has 5 rings (SSSR count). The lowest BCUT2D eigenvalue weighted by Gasteiger charge is -2.14. The van der Waals surface area contributed by atoms with Gasteiger partial charge in [0.05, 0.1) is 17.3 Å². The van der Waals surface area contributed by atoms with Gasteiger partial charge in [0.2, 0.25) is 5.13 Å². The van der Waals surface area contributed by atoms with Crippen LogP contribution in [0.1, 0.15) is 18.5 Å². The summed E-state index contributed by atoms with van der Waals surface area (Å²) in [6.45, 7) is 1.77. The number of fused-ring (bicyclic) bond motifs is 1. The second kappa shape index (κ2) is 8.18. The van der Waals surface area contributed by atoms with Crippen LogP contribution in [0.5, 0.6) is 0 Å². The van der Waals surface area contributed by atoms with E-state index in [2.05, 4.69) is 19.2 Å². The molecule has 0 spiro atoms. The molecule has 2 aromatic carbocycles. The van der Waals surface area contributed by atoms with Gasteiger partial charge in [-0.25, -0.2) is 22.6 Å². The number of nitrogens with zero attached hydrogens (tertiary/aromatic N) is 5. The van der Waals surface area contributed by atoms with E-state index in [0.717, 1.165) is 40.5 Å². The molecule has 174 valence electrons. The molecular weight excluding hydrogens is 483 g/mol. The van der Waals surface area contributed by atoms with Gasteiger partial charge < -0.3 is 4.42 Å². The number of benzene rings is 2. The zero-order valence-electron chi connectivity index (χ0n) is 17.8. The summed E-state index contributed by atoms with van der Waals surface area (Å²) >= 11 is 0.806. The molecule has 3 aromatic heterocycles. The van der Waals surface area contributed by atoms with Gasteiger partial charge in [-0.3, -0.25) is 14.0 Å². The van der Waals surface area contributed by atoms with Crippen molar-refractivity contribution in [2.45, 2.75) is 17.9 Å². The first-order valence-electron chi connectivity index (χ1n) is 9.97. The third-order valence-corrected chi connectivity index (χ3v) is 7.37. The van der Waals surface area contributed by atoms with Gasteiger partial charge in [0.1, 0.15) is 17.0 Å². The van der Waals surface area contributed by atoms with Crippen molar-refractivity contribution in [1.29, 1.82) is 0 Å². The van der Waals surface area contributed by atoms with E-state index in [4.69, 9.17) is 4.42 Å². The van der Waals surface area contributed by atoms with Gasteiger partial charge in [-0.05, 0) is 24.6 Å². The number of halogens is 1. The van der Waals surface area contributed by atoms with Crippen molar-refractivity contribution >= 4 is 37.8 Å². The first-order valence-corrected chi connectivity index (χ1v) is 12.2. The van der Waals surface area contributed by atoms with E-state index >= 15 is 0 Å². The Hall–Kier alpha value is -3.84. The molecule has 0 bridgehead atoms. The number of hydrogen-bond donors (Lipinski definition) is 1. The number of anilines is 1. The summed E-state index contributed by atoms with van der Waals surface area (Å²) in [4.78, 5) is 15.8. The molecule has 0 saturated heterocycles. The third kappa shape index (κ3) is 3.88. The Bertz CT molecular complexity index is 1670. The molecule has 0 fully saturated rings. The molecule has 13 heteroatoms. The van der Waals surface area contributed by atoms with E-state index in [9.17, 15) is 17.6 Å². The van der Waals surface area contributed by atoms with Gasteiger partial charge in [-0.15, -0.1) is 0 Å². The molecule has 0 aliphatic heterocycles. The van der Waals surface area contributed by atoms with Gasteiger partial charge >= 0.3 is 5.76 Å². The van der Waals surface area contributed by atoms with Crippen molar-refractivity contribution in [2.75, 3.05) is 4.72 Å². The minimum atomic E-state index is -4.31. The average molecular weight is 501 g/mol. The first-order chi connectivity index (χ1) is 16.2. The summed E-state index contributed by atoms with van der Waals surface area (Å²) in [5.74, 6) is -1.77. The van der Waals surface area contributed by atoms with Gasteiger partial charge in [0, 0.05) is 42.5 Å². The zero-order valence-corrected chi connectivity index (χ0v) is 19.5. The normalized spacial score (nSPS) is 12.8. The van der Waals surface area contributed by atoms with Gasteiger partial charge in [-0.1, -0.05) is 18.2 Å². The molecule has 1 N–H and O–H groups in total. The van der Waals surface area contributed by atoms with Crippen LogP contribution in [0.15, 0.2) is 69.1 Å². The number of sulfonamides is 1. The molecule has 0 radical (unpaired) electrons. The molecule has 1 atom stereocenters. The Kier molecular flexibility index (Phi) is 5.29. The highest BCUT2D eigenvalue weighted by atomic mass is 32.2. The number of aryl methyl sites for hydroxylation is 1. The Morgan fingerprint density at radius 2 is 2.03 bits per heavy atom. The topological polar surface area (TPSA) is 125 Å². The van der Waals surface area contributed by atoms with Crippen molar-refractivity contribution in [3.8, 4) is 11.3 Å². The maximum atomic E-state index is 15.0. The highest BCUT2D eigenvalue weighted by Crippen LogP contribution is 2.29. The summed E-state index contributed by atoms with van der Waals surface area (Å²) < 4.78 is 54.4. The Balaban J connectivity index is 1.56. The molecule has 3 heterocycles. The largest absolute Gasteiger partial charge is 0.420 e. The maximum absolute atomic E-state index is 15.0. The van der Waals surface area contributed by atoms with E-state index in [1.807, 2.05) is 43.6 Å². The lowest BCUT2D eigenvalue weighted by atomic mass is 10.0. The highest BCUT2D eigenvalue weighted by molar-refractivity contribution is 7.93. The fraction of sp³-hybridized carbons (Fsp3) is 0.143. The van der Waals surface area contributed by atoms with Crippen LogP contribution in [0.2, 0.25) is 0 Å². The number of aromatic nitrogens is 5. The van der Waals surface area contributed by atoms with E-state index < -0.39 is 32.5 Å². The lowest BCUT2D eigenvalue weighted by Crippen LogP contribution is -2.19. The van der Waals surface area contributed by atoms with Crippen LogP contribution in [0, 0.1) is 5.82 Å². The van der Waals surface area contributed by atoms with Crippen LogP contribution < -0.4 is 10.5 Å². The summed E-state index contributed by atoms with van der Waals surface area (Å²) in [6.07, 6.45) is 3.00. The SMILES string of the molecule is CC(c1cccc(-c2ccn(C)n2)c1)n1c(=O)oc2cc(S(=O)(=O)Nc3ncns3)c(F)cc21. The molecular formula is C21H17FN6O4S2. The summed E-state index contributed by atoms with van der Waals surface area (Å²) in [7, 11) is -2.49. The van der Waals surface area contributed by atoms with Crippen molar-refractivity contribution in [3.05, 3.63) is 76.9 Å². The van der Waals surface area contributed by atoms with E-state index in [1.54, 1.807) is 11.6 Å². The molecule has 10 nitrogen and oxygen atoms in total. The van der Waals surface area contributed by atoms with Gasteiger partial charge in [0.25, 0.3) is 10.0 Å². The number of nitrogens with one attached hydrogen (secondary N) is 1. The van der Waals surface area contributed by atoms with Crippen molar-refractivity contribution in [2.24, 2.45) is 7.05 Å². The molecule has 0 saturated carbocycles. The lowest BCUT2D eigenvalue weighted by molar-refractivity contribution is 0.489. The predicted molar refractivity (Wildman–Crippen MR) is 124 cm³/mol. The Labute approximate surface area is 196 Å². The standard InChI is InChI=1S/C21H17FN6O4S2/c1-12(13-4-3-5-14(8-13)16-6-7-27(2)25-16)28-17-9-15(22)19(10-18(17)32-21(28)29)34(30,31)26-20-23-11-24-33-20/h3-12H,1-2H3,(H,23,24,26). The highest BCUT2D eigenvalue weighted by Gasteiger charge is 2.25. The molecule has 0 aliphatic carbocycles. The second-order valence-electron chi connectivity index (χ2n) is 7.52. The third-order valence-electron chi connectivity index (χ3n) is 5.31. The van der Waals surface area contributed by atoms with Gasteiger partial charge in [-0.2, -0.15) is 9.47 Å². The molecule has 0 amide bonds. The smallest absolute Gasteiger partial charge is 0.408 e. The maximum Gasteiger partial charge on any atom is 0.420 e. The van der Waals surface area contributed by atoms with Gasteiger partial charge in [0.15, 0.2) is 5.58 Å². The number of oxazole rings is 1. The van der Waals surface area contributed by atoms with E-state index in [1.165, 1.54) is 10.9 Å². The average Bonchev–Trinajstić information content (AvgIpc) is 3.53. The van der Waals surface area contributed by atoms with Crippen LogP contribution in [-0.2, 0) is 17.1 Å². The molecule has 34 heavy (non-hydrogen) atoms. The number of hydrogen-bond acceptors (Lipinski definition) is 8. The second-order valence-corrected chi connectivity index (χ2v) is 9.95. The van der Waals surface area contributed by atoms with Crippen molar-refractivity contribution < 1.29 is 17.2 Å². The quantitative estimate of drug-likeness (QED) is 0.379. The predicted octanol–water partition coefficient (Wildman–Crippen LogP) is 3.40. The molecule has 1 unspecified atom stereocenters. The van der Waals surface area contributed by atoms with Crippen LogP contribution in [0.3, 0.4) is 0 Å². The van der Waals surface area contributed by atoms with E-state index in [-0.39, 0.29) is 16.2 Å². The molecule has 5 aromatic rings. The van der Waals surface area contributed by atoms with E-state index in [0.29, 0.717) is 0 Å². The summed E-state index contributed by atoms with van der Waals surface area (Å²) in [5.41, 5.74) is 2.46. The first kappa shape index (κ1) is 22.0. The molecule has 0 aliphatic rings. The Morgan fingerprint density at radius 1 is 1.21 bits per heavy atom. The van der Waals surface area contributed by atoms with Crippen LogP contribution in [-0.4, -0.2) is 32.1 Å². The Morgan fingerprint density at radius 3 is 2.74 bits per heavy atom. The minimum absolute atomic E-state index is 0.0140. The van der Waals surface area contributed by atoms with Crippen LogP contribution >= 0.6 is 11.5 Å². The number of rotatable bonds is 6. The fourth-order valence-electron chi connectivity index (χ4n) is 3.67. The minimum Gasteiger partial charge on any atom is -0.408 e. The van der Waals surface area contributed by atoms with Crippen molar-refractivity contribution in [3.63, 3.8) is 0 Å². The van der Waals surface area contributed by atoms with Crippen LogP contribution in [0.4, 0.5) is 9.52 Å². The van der Waals surface area contributed by atoms with Crippen LogP contribution in [0.25, 0.3) is 22.4 Å². The summed E-state index contributed by atoms with van der Waals surface area (Å²) in [6, 6.07) is 10.8. The monoisotopic (exact) mass is 500 g/mol. The zero-order chi connectivity index (χ0) is 24.0. The fourth-order valence-corrected chi connectivity index (χ4v) is 5.41.